The number of aryl methyl sites for hydroxylation is 1. The fourth-order valence-corrected chi connectivity index (χ4v) is 2.92. The molecule has 1 N–H and O–H groups in total. The molecule has 0 saturated carbocycles. The zero-order chi connectivity index (χ0) is 19.6. The van der Waals surface area contributed by atoms with Crippen LogP contribution in [0.25, 0.3) is 0 Å². The van der Waals surface area contributed by atoms with Gasteiger partial charge in [-0.1, -0.05) is 54.6 Å². The molecular weight excluding hydrogens is 463 g/mol. The average molecular weight is 494 g/mol. The van der Waals surface area contributed by atoms with Crippen LogP contribution < -0.4 is 5.32 Å². The van der Waals surface area contributed by atoms with Gasteiger partial charge in [0.1, 0.15) is 0 Å². The Morgan fingerprint density at radius 1 is 0.964 bits per heavy atom. The van der Waals surface area contributed by atoms with Gasteiger partial charge in [0.05, 0.1) is 0 Å². The number of carbonyl (C=O) groups excluding carboxylic acids is 1. The molecule has 0 aliphatic heterocycles. The number of benzene rings is 2. The topological polar surface area (TPSA) is 47.9 Å². The Balaban J connectivity index is 0.00000392. The Hall–Kier alpha value is -2.09. The van der Waals surface area contributed by atoms with Gasteiger partial charge in [-0.15, -0.1) is 24.0 Å². The summed E-state index contributed by atoms with van der Waals surface area (Å²) in [4.78, 5) is 20.5. The molecule has 2 aromatic rings. The quantitative estimate of drug-likeness (QED) is 0.363. The lowest BCUT2D eigenvalue weighted by Gasteiger charge is -2.23. The summed E-state index contributed by atoms with van der Waals surface area (Å²) < 4.78 is 0. The van der Waals surface area contributed by atoms with Gasteiger partial charge in [0.15, 0.2) is 5.96 Å². The largest absolute Gasteiger partial charge is 0.356 e. The zero-order valence-electron chi connectivity index (χ0n) is 17.2. The fourth-order valence-electron chi connectivity index (χ4n) is 2.92. The van der Waals surface area contributed by atoms with Gasteiger partial charge in [-0.25, -0.2) is 0 Å². The number of hydrogen-bond acceptors (Lipinski definition) is 2. The molecule has 0 radical (unpaired) electrons. The lowest BCUT2D eigenvalue weighted by Crippen LogP contribution is -2.40. The minimum atomic E-state index is 0. The van der Waals surface area contributed by atoms with Crippen LogP contribution in [-0.4, -0.2) is 49.4 Å². The van der Waals surface area contributed by atoms with E-state index in [1.54, 1.807) is 11.9 Å². The smallest absolute Gasteiger partial charge is 0.224 e. The summed E-state index contributed by atoms with van der Waals surface area (Å²) in [5, 5.41) is 3.29. The van der Waals surface area contributed by atoms with E-state index in [1.807, 2.05) is 56.6 Å². The van der Waals surface area contributed by atoms with E-state index in [4.69, 9.17) is 0 Å². The summed E-state index contributed by atoms with van der Waals surface area (Å²) in [6.07, 6.45) is 0.431. The highest BCUT2D eigenvalue weighted by molar-refractivity contribution is 14.0. The molecule has 0 unspecified atom stereocenters. The van der Waals surface area contributed by atoms with Gasteiger partial charge in [-0.2, -0.15) is 0 Å². The van der Waals surface area contributed by atoms with E-state index in [2.05, 4.69) is 34.3 Å². The number of halogens is 1. The van der Waals surface area contributed by atoms with Crippen molar-refractivity contribution in [2.45, 2.75) is 26.4 Å². The van der Waals surface area contributed by atoms with Crippen molar-refractivity contribution in [1.29, 1.82) is 0 Å². The van der Waals surface area contributed by atoms with Crippen molar-refractivity contribution in [3.63, 3.8) is 0 Å². The van der Waals surface area contributed by atoms with Crippen molar-refractivity contribution in [2.75, 3.05) is 27.7 Å². The van der Waals surface area contributed by atoms with Crippen LogP contribution in [0, 0.1) is 6.92 Å². The van der Waals surface area contributed by atoms with Gasteiger partial charge in [0.25, 0.3) is 0 Å². The Morgan fingerprint density at radius 3 is 2.25 bits per heavy atom. The number of carbonyl (C=O) groups is 1. The molecule has 1 amide bonds. The first-order valence-electron chi connectivity index (χ1n) is 9.25. The highest BCUT2D eigenvalue weighted by atomic mass is 127. The third kappa shape index (κ3) is 7.50. The normalized spacial score (nSPS) is 10.8. The van der Waals surface area contributed by atoms with Gasteiger partial charge in [0.2, 0.25) is 5.91 Å². The molecule has 152 valence electrons. The minimum Gasteiger partial charge on any atom is -0.356 e. The predicted octanol–water partition coefficient (Wildman–Crippen LogP) is 3.67. The van der Waals surface area contributed by atoms with Crippen LogP contribution >= 0.6 is 24.0 Å². The Labute approximate surface area is 185 Å². The van der Waals surface area contributed by atoms with Crippen LogP contribution in [0.2, 0.25) is 0 Å². The molecule has 0 bridgehead atoms. The predicted molar refractivity (Wildman–Crippen MR) is 127 cm³/mol. The Bertz CT molecular complexity index is 764. The molecule has 0 aliphatic rings. The molecule has 0 atom stereocenters. The highest BCUT2D eigenvalue weighted by Crippen LogP contribution is 2.09. The molecular formula is C22H31IN4O. The summed E-state index contributed by atoms with van der Waals surface area (Å²) >= 11 is 0. The zero-order valence-corrected chi connectivity index (χ0v) is 19.5. The van der Waals surface area contributed by atoms with E-state index in [9.17, 15) is 4.79 Å². The van der Waals surface area contributed by atoms with Crippen molar-refractivity contribution in [3.8, 4) is 0 Å². The highest BCUT2D eigenvalue weighted by Gasteiger charge is 2.11. The third-order valence-corrected chi connectivity index (χ3v) is 4.55. The molecule has 0 aromatic heterocycles. The van der Waals surface area contributed by atoms with Crippen LogP contribution in [0.5, 0.6) is 0 Å². The van der Waals surface area contributed by atoms with Crippen molar-refractivity contribution in [1.82, 2.24) is 15.1 Å². The molecule has 0 spiro atoms. The Kier molecular flexibility index (Phi) is 10.6. The summed E-state index contributed by atoms with van der Waals surface area (Å²) in [6.45, 7) is 4.07. The summed E-state index contributed by atoms with van der Waals surface area (Å²) in [5.41, 5.74) is 3.66. The van der Waals surface area contributed by atoms with E-state index >= 15 is 0 Å². The number of rotatable bonds is 7. The van der Waals surface area contributed by atoms with Crippen LogP contribution in [0.15, 0.2) is 59.6 Å². The van der Waals surface area contributed by atoms with Crippen LogP contribution in [0.4, 0.5) is 0 Å². The first-order valence-corrected chi connectivity index (χ1v) is 9.25. The van der Waals surface area contributed by atoms with E-state index in [0.717, 1.165) is 18.1 Å². The van der Waals surface area contributed by atoms with Gasteiger partial charge >= 0.3 is 0 Å². The second kappa shape index (κ2) is 12.4. The number of aliphatic imine (C=N–C) groups is 1. The van der Waals surface area contributed by atoms with Crippen molar-refractivity contribution >= 4 is 35.8 Å². The average Bonchev–Trinajstić information content (AvgIpc) is 2.67. The van der Waals surface area contributed by atoms with Crippen LogP contribution in [0.1, 0.15) is 23.1 Å². The molecule has 5 nitrogen and oxygen atoms in total. The molecule has 0 aliphatic carbocycles. The van der Waals surface area contributed by atoms with Gasteiger partial charge in [-0.05, 0) is 23.6 Å². The number of hydrogen-bond donors (Lipinski definition) is 1. The van der Waals surface area contributed by atoms with E-state index in [1.165, 1.54) is 11.1 Å². The fraction of sp³-hybridized carbons (Fsp3) is 0.364. The SMILES string of the molecule is CN=C(NCCC(=O)N(C)Cc1ccccc1)N(C)Cc1ccccc1C.I. The Morgan fingerprint density at radius 2 is 1.61 bits per heavy atom. The van der Waals surface area contributed by atoms with Crippen molar-refractivity contribution < 1.29 is 4.79 Å². The number of guanidine groups is 1. The first-order chi connectivity index (χ1) is 13.0. The van der Waals surface area contributed by atoms with Crippen molar-refractivity contribution in [2.24, 2.45) is 4.99 Å². The lowest BCUT2D eigenvalue weighted by molar-refractivity contribution is -0.130. The molecule has 0 saturated heterocycles. The van der Waals surface area contributed by atoms with Crippen molar-refractivity contribution in [3.05, 3.63) is 71.3 Å². The standard InChI is InChI=1S/C22H30N4O.HI/c1-18-10-8-9-13-20(18)17-26(4)22(23-2)24-15-14-21(27)25(3)16-19-11-6-5-7-12-19;/h5-13H,14-17H2,1-4H3,(H,23,24);1H. The molecule has 28 heavy (non-hydrogen) atoms. The van der Waals surface area contributed by atoms with E-state index < -0.39 is 0 Å². The van der Waals surface area contributed by atoms with Crippen LogP contribution in [0.3, 0.4) is 0 Å². The maximum Gasteiger partial charge on any atom is 0.224 e. The third-order valence-electron chi connectivity index (χ3n) is 4.55. The molecule has 2 aromatic carbocycles. The van der Waals surface area contributed by atoms with Gasteiger partial charge in [0, 0.05) is 47.2 Å². The summed E-state index contributed by atoms with van der Waals surface area (Å²) in [7, 11) is 5.61. The number of amides is 1. The second-order valence-electron chi connectivity index (χ2n) is 6.74. The van der Waals surface area contributed by atoms with E-state index in [-0.39, 0.29) is 29.9 Å². The molecule has 0 fully saturated rings. The molecule has 0 heterocycles. The summed E-state index contributed by atoms with van der Waals surface area (Å²) in [6, 6.07) is 18.4. The van der Waals surface area contributed by atoms with Gasteiger partial charge in [-0.3, -0.25) is 9.79 Å². The maximum atomic E-state index is 12.4. The molecule has 6 heteroatoms. The summed E-state index contributed by atoms with van der Waals surface area (Å²) in [5.74, 6) is 0.903. The lowest BCUT2D eigenvalue weighted by atomic mass is 10.1. The second-order valence-corrected chi connectivity index (χ2v) is 6.74. The first kappa shape index (κ1) is 23.9. The van der Waals surface area contributed by atoms with Gasteiger partial charge < -0.3 is 15.1 Å². The monoisotopic (exact) mass is 494 g/mol. The van der Waals surface area contributed by atoms with E-state index in [0.29, 0.717) is 19.5 Å². The number of nitrogens with zero attached hydrogens (tertiary/aromatic N) is 3. The minimum absolute atomic E-state index is 0. The molecule has 2 rings (SSSR count). The number of nitrogens with one attached hydrogen (secondary N) is 1. The van der Waals surface area contributed by atoms with Crippen LogP contribution in [-0.2, 0) is 17.9 Å². The maximum absolute atomic E-state index is 12.4.